The van der Waals surface area contributed by atoms with E-state index in [1.807, 2.05) is 13.8 Å². The lowest BCUT2D eigenvalue weighted by Gasteiger charge is -2.11. The Hall–Kier alpha value is -2.97. The van der Waals surface area contributed by atoms with Crippen LogP contribution in [0.5, 0.6) is 5.75 Å². The summed E-state index contributed by atoms with van der Waals surface area (Å²) in [6.45, 7) is 4.23. The van der Waals surface area contributed by atoms with Crippen molar-refractivity contribution in [2.24, 2.45) is 0 Å². The topological polar surface area (TPSA) is 106 Å². The van der Waals surface area contributed by atoms with Crippen LogP contribution in [0.3, 0.4) is 0 Å². The smallest absolute Gasteiger partial charge is 0.328 e. The van der Waals surface area contributed by atoms with Gasteiger partial charge in [0.05, 0.1) is 17.5 Å². The van der Waals surface area contributed by atoms with E-state index in [1.54, 1.807) is 31.2 Å². The van der Waals surface area contributed by atoms with Crippen molar-refractivity contribution >= 4 is 11.9 Å². The fraction of sp³-hybridized carbons (Fsp3) is 0.375. The van der Waals surface area contributed by atoms with Crippen LogP contribution in [0.1, 0.15) is 30.0 Å². The molecule has 2 N–H and O–H groups in total. The van der Waals surface area contributed by atoms with E-state index in [0.29, 0.717) is 17.1 Å². The van der Waals surface area contributed by atoms with Crippen molar-refractivity contribution in [1.29, 1.82) is 0 Å². The van der Waals surface area contributed by atoms with Crippen LogP contribution in [-0.2, 0) is 4.79 Å². The van der Waals surface area contributed by atoms with E-state index in [9.17, 15) is 14.0 Å². The molecule has 0 spiro atoms. The van der Waals surface area contributed by atoms with E-state index in [4.69, 9.17) is 9.84 Å². The normalized spacial score (nSPS) is 12.0. The monoisotopic (exact) mass is 350 g/mol. The lowest BCUT2D eigenvalue weighted by atomic mass is 10.2. The highest BCUT2D eigenvalue weighted by atomic mass is 19.1. The van der Waals surface area contributed by atoms with Gasteiger partial charge in [0.15, 0.2) is 11.7 Å². The molecular weight excluding hydrogens is 331 g/mol. The van der Waals surface area contributed by atoms with E-state index in [1.165, 1.54) is 4.68 Å². The van der Waals surface area contributed by atoms with Gasteiger partial charge < -0.3 is 15.2 Å². The van der Waals surface area contributed by atoms with Crippen molar-refractivity contribution in [3.63, 3.8) is 0 Å². The number of hydrogen-bond acceptors (Lipinski definition) is 5. The number of aliphatic carboxylic acids is 1. The summed E-state index contributed by atoms with van der Waals surface area (Å²) < 4.78 is 19.6. The predicted octanol–water partition coefficient (Wildman–Crippen LogP) is 1.52. The maximum Gasteiger partial charge on any atom is 0.328 e. The van der Waals surface area contributed by atoms with Crippen LogP contribution in [0.4, 0.5) is 4.39 Å². The van der Waals surface area contributed by atoms with Gasteiger partial charge in [0.25, 0.3) is 5.91 Å². The molecule has 9 heteroatoms. The largest absolute Gasteiger partial charge is 0.491 e. The number of carbonyl (C=O) groups excluding carboxylic acids is 1. The zero-order valence-electron chi connectivity index (χ0n) is 14.1. The Labute approximate surface area is 143 Å². The first-order valence-corrected chi connectivity index (χ1v) is 7.62. The SMILES string of the molecule is Cc1c(C(=O)NC(CF)C(=O)O)nnn1-c1ccc(OC(C)C)cc1. The number of halogens is 1. The van der Waals surface area contributed by atoms with Gasteiger partial charge in [0.2, 0.25) is 0 Å². The standard InChI is InChI=1S/C16H19FN4O4/c1-9(2)25-12-6-4-11(5-7-12)21-10(3)14(19-20-21)15(22)18-13(8-17)16(23)24/h4-7,9,13H,8H2,1-3H3,(H,18,22)(H,23,24). The minimum atomic E-state index is -1.62. The first-order chi connectivity index (χ1) is 11.8. The van der Waals surface area contributed by atoms with Crippen molar-refractivity contribution in [3.05, 3.63) is 35.7 Å². The Morgan fingerprint density at radius 1 is 1.32 bits per heavy atom. The molecule has 1 amide bonds. The second-order valence-corrected chi connectivity index (χ2v) is 5.61. The van der Waals surface area contributed by atoms with Crippen LogP contribution >= 0.6 is 0 Å². The van der Waals surface area contributed by atoms with Gasteiger partial charge in [-0.2, -0.15) is 0 Å². The van der Waals surface area contributed by atoms with E-state index >= 15 is 0 Å². The lowest BCUT2D eigenvalue weighted by Crippen LogP contribution is -2.42. The number of benzene rings is 1. The first kappa shape index (κ1) is 18.4. The van der Waals surface area contributed by atoms with E-state index in [2.05, 4.69) is 15.6 Å². The zero-order chi connectivity index (χ0) is 18.6. The number of hydrogen-bond donors (Lipinski definition) is 2. The average molecular weight is 350 g/mol. The quantitative estimate of drug-likeness (QED) is 0.784. The molecule has 1 aromatic heterocycles. The number of alkyl halides is 1. The number of amides is 1. The molecule has 134 valence electrons. The van der Waals surface area contributed by atoms with Gasteiger partial charge in [-0.15, -0.1) is 5.10 Å². The summed E-state index contributed by atoms with van der Waals surface area (Å²) in [6, 6.07) is 5.41. The van der Waals surface area contributed by atoms with Gasteiger partial charge in [0.1, 0.15) is 12.4 Å². The van der Waals surface area contributed by atoms with Gasteiger partial charge in [-0.1, -0.05) is 5.21 Å². The Kier molecular flexibility index (Phi) is 5.68. The molecule has 1 unspecified atom stereocenters. The summed E-state index contributed by atoms with van der Waals surface area (Å²) in [7, 11) is 0. The number of rotatable bonds is 7. The third kappa shape index (κ3) is 4.31. The Bertz CT molecular complexity index is 758. The van der Waals surface area contributed by atoms with E-state index in [0.717, 1.165) is 0 Å². The number of carboxylic acid groups (broad SMARTS) is 1. The summed E-state index contributed by atoms with van der Waals surface area (Å²) in [5, 5.41) is 18.5. The molecule has 2 rings (SSSR count). The molecule has 1 aromatic carbocycles. The molecule has 2 aromatic rings. The average Bonchev–Trinajstić information content (AvgIpc) is 2.94. The van der Waals surface area contributed by atoms with Crippen molar-refractivity contribution in [3.8, 4) is 11.4 Å². The maximum absolute atomic E-state index is 12.6. The Morgan fingerprint density at radius 2 is 1.96 bits per heavy atom. The predicted molar refractivity (Wildman–Crippen MR) is 86.7 cm³/mol. The van der Waals surface area contributed by atoms with Crippen molar-refractivity contribution < 1.29 is 23.8 Å². The Balaban J connectivity index is 2.20. The highest BCUT2D eigenvalue weighted by molar-refractivity contribution is 5.95. The number of nitrogens with one attached hydrogen (secondary N) is 1. The van der Waals surface area contributed by atoms with Gasteiger partial charge in [-0.25, -0.2) is 13.9 Å². The third-order valence-electron chi connectivity index (χ3n) is 3.32. The van der Waals surface area contributed by atoms with Crippen LogP contribution in [0, 0.1) is 6.92 Å². The highest BCUT2D eigenvalue weighted by Gasteiger charge is 2.24. The summed E-state index contributed by atoms with van der Waals surface area (Å²) in [6.07, 6.45) is 0.0481. The minimum Gasteiger partial charge on any atom is -0.491 e. The Morgan fingerprint density at radius 3 is 2.48 bits per heavy atom. The molecule has 8 nitrogen and oxygen atoms in total. The lowest BCUT2D eigenvalue weighted by molar-refractivity contribution is -0.139. The van der Waals surface area contributed by atoms with Gasteiger partial charge in [-0.3, -0.25) is 4.79 Å². The zero-order valence-corrected chi connectivity index (χ0v) is 14.1. The van der Waals surface area contributed by atoms with Crippen LogP contribution in [-0.4, -0.2) is 50.8 Å². The molecule has 0 radical (unpaired) electrons. The molecule has 25 heavy (non-hydrogen) atoms. The maximum atomic E-state index is 12.6. The third-order valence-corrected chi connectivity index (χ3v) is 3.32. The minimum absolute atomic E-state index is 0.0481. The number of ether oxygens (including phenoxy) is 1. The second-order valence-electron chi connectivity index (χ2n) is 5.61. The molecular formula is C16H19FN4O4. The molecule has 0 aliphatic rings. The summed E-state index contributed by atoms with van der Waals surface area (Å²) in [5.41, 5.74) is 0.987. The van der Waals surface area contributed by atoms with Crippen LogP contribution in [0.15, 0.2) is 24.3 Å². The highest BCUT2D eigenvalue weighted by Crippen LogP contribution is 2.18. The van der Waals surface area contributed by atoms with Gasteiger partial charge >= 0.3 is 5.97 Å². The summed E-state index contributed by atoms with van der Waals surface area (Å²) in [4.78, 5) is 22.9. The fourth-order valence-corrected chi connectivity index (χ4v) is 2.12. The van der Waals surface area contributed by atoms with Crippen LogP contribution in [0.25, 0.3) is 5.69 Å². The van der Waals surface area contributed by atoms with Crippen LogP contribution in [0.2, 0.25) is 0 Å². The molecule has 1 heterocycles. The second kappa shape index (κ2) is 7.73. The van der Waals surface area contributed by atoms with Crippen molar-refractivity contribution in [2.75, 3.05) is 6.67 Å². The van der Waals surface area contributed by atoms with E-state index < -0.39 is 24.6 Å². The molecule has 0 saturated carbocycles. The fourth-order valence-electron chi connectivity index (χ4n) is 2.12. The molecule has 0 aliphatic carbocycles. The van der Waals surface area contributed by atoms with Crippen molar-refractivity contribution in [1.82, 2.24) is 20.3 Å². The number of carboxylic acids is 1. The number of nitrogens with zero attached hydrogens (tertiary/aromatic N) is 3. The first-order valence-electron chi connectivity index (χ1n) is 7.62. The van der Waals surface area contributed by atoms with Gasteiger partial charge in [0, 0.05) is 0 Å². The van der Waals surface area contributed by atoms with E-state index in [-0.39, 0.29) is 11.8 Å². The molecule has 0 bridgehead atoms. The molecule has 0 saturated heterocycles. The summed E-state index contributed by atoms with van der Waals surface area (Å²) >= 11 is 0. The molecule has 1 atom stereocenters. The number of carbonyl (C=O) groups is 2. The van der Waals surface area contributed by atoms with Crippen LogP contribution < -0.4 is 10.1 Å². The van der Waals surface area contributed by atoms with Crippen molar-refractivity contribution in [2.45, 2.75) is 32.9 Å². The van der Waals surface area contributed by atoms with Gasteiger partial charge in [-0.05, 0) is 45.0 Å². The molecule has 0 aliphatic heterocycles. The molecule has 0 fully saturated rings. The summed E-state index contributed by atoms with van der Waals surface area (Å²) in [5.74, 6) is -1.56. The number of aromatic nitrogens is 3.